The van der Waals surface area contributed by atoms with Crippen LogP contribution in [0.15, 0.2) is 41.3 Å². The minimum atomic E-state index is -0.910. The van der Waals surface area contributed by atoms with Crippen LogP contribution in [0.4, 0.5) is 0 Å². The molecule has 1 aromatic rings. The standard InChI is InChI=1S/C14H19NO2S/c1-11(2)18-13-7-5-12(6-8-13)10-15-9-3-4-14(16)17/h3-8,11,15H,9-10H2,1-2H3,(H,16,17)/b4-3+. The van der Waals surface area contributed by atoms with Gasteiger partial charge in [0.25, 0.3) is 0 Å². The van der Waals surface area contributed by atoms with E-state index >= 15 is 0 Å². The van der Waals surface area contributed by atoms with Crippen LogP contribution in [-0.4, -0.2) is 22.9 Å². The minimum Gasteiger partial charge on any atom is -0.478 e. The Bertz CT molecular complexity index is 399. The molecular weight excluding hydrogens is 246 g/mol. The van der Waals surface area contributed by atoms with Crippen LogP contribution >= 0.6 is 11.8 Å². The third-order valence-electron chi connectivity index (χ3n) is 2.15. The number of carboxylic acid groups (broad SMARTS) is 1. The zero-order chi connectivity index (χ0) is 13.4. The first kappa shape index (κ1) is 14.8. The maximum Gasteiger partial charge on any atom is 0.328 e. The van der Waals surface area contributed by atoms with Crippen LogP contribution in [0, 0.1) is 0 Å². The molecule has 3 nitrogen and oxygen atoms in total. The molecule has 0 fully saturated rings. The fraction of sp³-hybridized carbons (Fsp3) is 0.357. The lowest BCUT2D eigenvalue weighted by Gasteiger charge is -2.06. The van der Waals surface area contributed by atoms with Crippen LogP contribution in [0.25, 0.3) is 0 Å². The molecule has 98 valence electrons. The Labute approximate surface area is 112 Å². The fourth-order valence-corrected chi connectivity index (χ4v) is 2.26. The topological polar surface area (TPSA) is 49.3 Å². The number of thioether (sulfide) groups is 1. The number of aliphatic carboxylic acids is 1. The summed E-state index contributed by atoms with van der Waals surface area (Å²) in [4.78, 5) is 11.5. The van der Waals surface area contributed by atoms with Crippen LogP contribution in [-0.2, 0) is 11.3 Å². The SMILES string of the molecule is CC(C)Sc1ccc(CNC/C=C/C(=O)O)cc1. The van der Waals surface area contributed by atoms with Crippen molar-refractivity contribution in [2.75, 3.05) is 6.54 Å². The molecule has 1 rings (SSSR count). The number of carbonyl (C=O) groups is 1. The van der Waals surface area contributed by atoms with E-state index in [2.05, 4.69) is 43.4 Å². The Balaban J connectivity index is 2.33. The van der Waals surface area contributed by atoms with Crippen molar-refractivity contribution in [3.63, 3.8) is 0 Å². The van der Waals surface area contributed by atoms with E-state index in [9.17, 15) is 4.79 Å². The van der Waals surface area contributed by atoms with Gasteiger partial charge >= 0.3 is 5.97 Å². The number of rotatable bonds is 7. The average molecular weight is 265 g/mol. The molecule has 0 aliphatic heterocycles. The van der Waals surface area contributed by atoms with Gasteiger partial charge in [-0.2, -0.15) is 0 Å². The van der Waals surface area contributed by atoms with Crippen molar-refractivity contribution in [1.82, 2.24) is 5.32 Å². The Morgan fingerprint density at radius 2 is 2.06 bits per heavy atom. The molecule has 1 aromatic carbocycles. The van der Waals surface area contributed by atoms with Gasteiger partial charge in [0.1, 0.15) is 0 Å². The molecule has 0 saturated heterocycles. The van der Waals surface area contributed by atoms with E-state index in [-0.39, 0.29) is 0 Å². The molecule has 0 spiro atoms. The maximum atomic E-state index is 10.2. The third kappa shape index (κ3) is 6.47. The summed E-state index contributed by atoms with van der Waals surface area (Å²) < 4.78 is 0. The highest BCUT2D eigenvalue weighted by Crippen LogP contribution is 2.22. The van der Waals surface area contributed by atoms with Crippen LogP contribution in [0.5, 0.6) is 0 Å². The molecule has 0 aliphatic rings. The number of hydrogen-bond acceptors (Lipinski definition) is 3. The summed E-state index contributed by atoms with van der Waals surface area (Å²) in [5, 5.41) is 12.2. The molecular formula is C14H19NO2S. The molecule has 0 radical (unpaired) electrons. The summed E-state index contributed by atoms with van der Waals surface area (Å²) in [7, 11) is 0. The van der Waals surface area contributed by atoms with Gasteiger partial charge in [-0.1, -0.05) is 32.1 Å². The van der Waals surface area contributed by atoms with E-state index in [4.69, 9.17) is 5.11 Å². The highest BCUT2D eigenvalue weighted by molar-refractivity contribution is 7.99. The molecule has 0 atom stereocenters. The molecule has 0 heterocycles. The van der Waals surface area contributed by atoms with Gasteiger partial charge in [0.15, 0.2) is 0 Å². The smallest absolute Gasteiger partial charge is 0.328 e. The largest absolute Gasteiger partial charge is 0.478 e. The van der Waals surface area contributed by atoms with E-state index in [1.54, 1.807) is 6.08 Å². The van der Waals surface area contributed by atoms with Gasteiger partial charge in [0, 0.05) is 29.3 Å². The number of nitrogens with one attached hydrogen (secondary N) is 1. The average Bonchev–Trinajstić information content (AvgIpc) is 2.30. The number of carboxylic acids is 1. The van der Waals surface area contributed by atoms with E-state index in [1.807, 2.05) is 11.8 Å². The quantitative estimate of drug-likeness (QED) is 0.452. The van der Waals surface area contributed by atoms with Crippen molar-refractivity contribution in [1.29, 1.82) is 0 Å². The highest BCUT2D eigenvalue weighted by Gasteiger charge is 1.98. The summed E-state index contributed by atoms with van der Waals surface area (Å²) in [5.41, 5.74) is 1.20. The zero-order valence-corrected chi connectivity index (χ0v) is 11.5. The normalized spacial score (nSPS) is 11.3. The Kier molecular flexibility index (Phi) is 6.54. The second-order valence-electron chi connectivity index (χ2n) is 4.18. The summed E-state index contributed by atoms with van der Waals surface area (Å²) >= 11 is 1.85. The predicted octanol–water partition coefficient (Wildman–Crippen LogP) is 2.92. The lowest BCUT2D eigenvalue weighted by molar-refractivity contribution is -0.131. The molecule has 0 unspecified atom stereocenters. The predicted molar refractivity (Wildman–Crippen MR) is 75.9 cm³/mol. The molecule has 0 bridgehead atoms. The van der Waals surface area contributed by atoms with Gasteiger partial charge in [-0.05, 0) is 17.7 Å². The van der Waals surface area contributed by atoms with Crippen molar-refractivity contribution in [2.45, 2.75) is 30.5 Å². The van der Waals surface area contributed by atoms with Crippen LogP contribution < -0.4 is 5.32 Å². The van der Waals surface area contributed by atoms with Gasteiger partial charge < -0.3 is 10.4 Å². The van der Waals surface area contributed by atoms with Crippen LogP contribution in [0.2, 0.25) is 0 Å². The van der Waals surface area contributed by atoms with E-state index in [0.29, 0.717) is 11.8 Å². The molecule has 0 amide bonds. The van der Waals surface area contributed by atoms with Gasteiger partial charge in [-0.25, -0.2) is 4.79 Å². The summed E-state index contributed by atoms with van der Waals surface area (Å²) in [5.74, 6) is -0.910. The van der Waals surface area contributed by atoms with E-state index < -0.39 is 5.97 Å². The monoisotopic (exact) mass is 265 g/mol. The van der Waals surface area contributed by atoms with Crippen molar-refractivity contribution in [2.24, 2.45) is 0 Å². The highest BCUT2D eigenvalue weighted by atomic mass is 32.2. The molecule has 18 heavy (non-hydrogen) atoms. The van der Waals surface area contributed by atoms with Gasteiger partial charge in [0.2, 0.25) is 0 Å². The Morgan fingerprint density at radius 1 is 1.39 bits per heavy atom. The number of hydrogen-bond donors (Lipinski definition) is 2. The second kappa shape index (κ2) is 7.95. The lowest BCUT2D eigenvalue weighted by atomic mass is 10.2. The van der Waals surface area contributed by atoms with E-state index in [0.717, 1.165) is 12.6 Å². The lowest BCUT2D eigenvalue weighted by Crippen LogP contribution is -2.13. The van der Waals surface area contributed by atoms with Crippen LogP contribution in [0.1, 0.15) is 19.4 Å². The van der Waals surface area contributed by atoms with E-state index in [1.165, 1.54) is 10.5 Å². The van der Waals surface area contributed by atoms with Crippen molar-refractivity contribution < 1.29 is 9.90 Å². The summed E-state index contributed by atoms with van der Waals surface area (Å²) in [6.07, 6.45) is 2.75. The summed E-state index contributed by atoms with van der Waals surface area (Å²) in [6.45, 7) is 5.66. The molecule has 2 N–H and O–H groups in total. The third-order valence-corrected chi connectivity index (χ3v) is 3.16. The fourth-order valence-electron chi connectivity index (χ4n) is 1.42. The first-order valence-electron chi connectivity index (χ1n) is 5.93. The minimum absolute atomic E-state index is 0.564. The Morgan fingerprint density at radius 3 is 2.61 bits per heavy atom. The first-order chi connectivity index (χ1) is 8.58. The van der Waals surface area contributed by atoms with Crippen LogP contribution in [0.3, 0.4) is 0 Å². The van der Waals surface area contributed by atoms with Gasteiger partial charge in [0.05, 0.1) is 0 Å². The van der Waals surface area contributed by atoms with Crippen molar-refractivity contribution >= 4 is 17.7 Å². The molecule has 0 aromatic heterocycles. The first-order valence-corrected chi connectivity index (χ1v) is 6.81. The molecule has 4 heteroatoms. The second-order valence-corrected chi connectivity index (χ2v) is 5.83. The molecule has 0 aliphatic carbocycles. The van der Waals surface area contributed by atoms with Gasteiger partial charge in [-0.15, -0.1) is 11.8 Å². The van der Waals surface area contributed by atoms with Crippen molar-refractivity contribution in [3.8, 4) is 0 Å². The summed E-state index contributed by atoms with van der Waals surface area (Å²) in [6, 6.07) is 8.43. The number of benzene rings is 1. The molecule has 0 saturated carbocycles. The Hall–Kier alpha value is -1.26. The van der Waals surface area contributed by atoms with Crippen molar-refractivity contribution in [3.05, 3.63) is 42.0 Å². The van der Waals surface area contributed by atoms with Gasteiger partial charge in [-0.3, -0.25) is 0 Å². The maximum absolute atomic E-state index is 10.2. The zero-order valence-electron chi connectivity index (χ0n) is 10.7.